The molecule has 2 saturated heterocycles. The zero-order chi connectivity index (χ0) is 13.1. The van der Waals surface area contributed by atoms with Gasteiger partial charge < -0.3 is 30.3 Å². The van der Waals surface area contributed by atoms with Crippen LogP contribution in [0.3, 0.4) is 0 Å². The number of hydrogen-bond donors (Lipinski definition) is 5. The highest BCUT2D eigenvalue weighted by molar-refractivity contribution is 8.71. The quantitative estimate of drug-likeness (QED) is 0.306. The van der Waals surface area contributed by atoms with Gasteiger partial charge in [-0.1, -0.05) is 0 Å². The predicted molar refractivity (Wildman–Crippen MR) is 51.5 cm³/mol. The molecule has 100 valence electrons. The first-order chi connectivity index (χ1) is 7.65. The Morgan fingerprint density at radius 2 is 1.88 bits per heavy atom. The Kier molecular flexibility index (Phi) is 2.97. The molecule has 1 unspecified atom stereocenters. The van der Waals surface area contributed by atoms with E-state index in [1.165, 1.54) is 0 Å². The maximum atomic E-state index is 11.1. The normalized spacial score (nSPS) is 53.4. The maximum Gasteiger partial charge on any atom is 0.340 e. The van der Waals surface area contributed by atoms with E-state index in [4.69, 9.17) is 5.11 Å². The van der Waals surface area contributed by atoms with Gasteiger partial charge in [-0.05, 0) is 0 Å². The average Bonchev–Trinajstić information content (AvgIpc) is 2.39. The topological polar surface area (TPSA) is 154 Å². The van der Waals surface area contributed by atoms with E-state index in [1.54, 1.807) is 0 Å². The van der Waals surface area contributed by atoms with Crippen molar-refractivity contribution >= 4 is 19.9 Å². The van der Waals surface area contributed by atoms with E-state index >= 15 is 0 Å². The van der Waals surface area contributed by atoms with Gasteiger partial charge in [-0.15, -0.1) is 0 Å². The fraction of sp³-hybridized carbons (Fsp3) is 1.00. The first kappa shape index (κ1) is 13.5. The van der Waals surface area contributed by atoms with Gasteiger partial charge in [0.1, 0.15) is 18.3 Å². The summed E-state index contributed by atoms with van der Waals surface area (Å²) in [5.41, 5.74) is 0. The molecule has 9 nitrogen and oxygen atoms in total. The van der Waals surface area contributed by atoms with Crippen LogP contribution in [0.5, 0.6) is 0 Å². The van der Waals surface area contributed by atoms with E-state index in [2.05, 4.69) is 8.92 Å². The van der Waals surface area contributed by atoms with Gasteiger partial charge in [0.15, 0.2) is 0 Å². The summed E-state index contributed by atoms with van der Waals surface area (Å²) in [4.78, 5) is -2.79. The highest BCUT2D eigenvalue weighted by atomic mass is 33.2. The van der Waals surface area contributed by atoms with Crippen LogP contribution >= 0.6 is 10.8 Å². The molecule has 0 aromatic heterocycles. The molecule has 2 heterocycles. The highest BCUT2D eigenvalue weighted by Gasteiger charge is 2.73. The van der Waals surface area contributed by atoms with Gasteiger partial charge in [-0.25, -0.2) is 0 Å². The molecule has 0 aromatic carbocycles. The first-order valence-electron chi connectivity index (χ1n) is 4.41. The van der Waals surface area contributed by atoms with Crippen LogP contribution in [-0.2, 0) is 18.1 Å². The molecule has 0 aromatic rings. The maximum absolute atomic E-state index is 11.1. The van der Waals surface area contributed by atoms with Crippen molar-refractivity contribution in [3.05, 3.63) is 0 Å². The van der Waals surface area contributed by atoms with Gasteiger partial charge in [-0.3, -0.25) is 0 Å². The molecule has 0 aliphatic carbocycles. The third-order valence-corrected chi connectivity index (χ3v) is 5.46. The van der Waals surface area contributed by atoms with Gasteiger partial charge in [0.2, 0.25) is 4.93 Å². The monoisotopic (exact) mass is 290 g/mol. The van der Waals surface area contributed by atoms with Gasteiger partial charge in [0.05, 0.1) is 6.61 Å². The Bertz CT molecular complexity index is 423. The van der Waals surface area contributed by atoms with Crippen LogP contribution in [0.2, 0.25) is 0 Å². The zero-order valence-electron chi connectivity index (χ0n) is 8.12. The summed E-state index contributed by atoms with van der Waals surface area (Å²) in [5.74, 6) is -3.05. The lowest BCUT2D eigenvalue weighted by Gasteiger charge is -2.45. The Morgan fingerprint density at radius 1 is 1.29 bits per heavy atom. The largest absolute Gasteiger partial charge is 0.394 e. The van der Waals surface area contributed by atoms with Crippen molar-refractivity contribution in [1.82, 2.24) is 0 Å². The van der Waals surface area contributed by atoms with Gasteiger partial charge >= 0.3 is 15.1 Å². The first-order valence-corrected chi connectivity index (χ1v) is 7.15. The third-order valence-electron chi connectivity index (χ3n) is 2.49. The Morgan fingerprint density at radius 3 is 2.41 bits per heavy atom. The minimum Gasteiger partial charge on any atom is -0.394 e. The molecule has 2 fully saturated rings. The van der Waals surface area contributed by atoms with Crippen LogP contribution in [0.15, 0.2) is 0 Å². The van der Waals surface area contributed by atoms with E-state index < -0.39 is 45.0 Å². The molecule has 0 bridgehead atoms. The van der Waals surface area contributed by atoms with Gasteiger partial charge in [-0.2, -0.15) is 12.6 Å². The number of hydrogen-bond acceptors (Lipinski definition) is 10. The summed E-state index contributed by atoms with van der Waals surface area (Å²) < 4.78 is 31.0. The van der Waals surface area contributed by atoms with E-state index in [-0.39, 0.29) is 10.8 Å². The van der Waals surface area contributed by atoms with Crippen molar-refractivity contribution in [2.45, 2.75) is 29.2 Å². The standard InChI is InChI=1S/C6H10O9S2/c7-1-2-3(8)4(9)5(10)6(11,14-2)15-17(12,13)16-5/h2-4,7-11H,1H2/t2-,3-,4+,5-,6?/m1/s1. The summed E-state index contributed by atoms with van der Waals surface area (Å²) in [7, 11) is -4.68. The van der Waals surface area contributed by atoms with Crippen molar-refractivity contribution in [2.24, 2.45) is 0 Å². The summed E-state index contributed by atoms with van der Waals surface area (Å²) in [6, 6.07) is 0. The molecule has 0 radical (unpaired) electrons. The van der Waals surface area contributed by atoms with Crippen molar-refractivity contribution in [3.8, 4) is 0 Å². The van der Waals surface area contributed by atoms with Crippen LogP contribution < -0.4 is 0 Å². The van der Waals surface area contributed by atoms with Gasteiger partial charge in [0, 0.05) is 10.8 Å². The average molecular weight is 290 g/mol. The molecule has 0 amide bonds. The number of fused-ring (bicyclic) bond motifs is 1. The van der Waals surface area contributed by atoms with Crippen molar-refractivity contribution in [3.63, 3.8) is 0 Å². The minimum absolute atomic E-state index is 0.284. The Labute approximate surface area is 99.1 Å². The van der Waals surface area contributed by atoms with Gasteiger partial charge in [0.25, 0.3) is 0 Å². The van der Waals surface area contributed by atoms with E-state index in [9.17, 15) is 28.8 Å². The molecule has 2 rings (SSSR count). The van der Waals surface area contributed by atoms with Crippen molar-refractivity contribution in [1.29, 1.82) is 0 Å². The van der Waals surface area contributed by atoms with Crippen LogP contribution in [0, 0.1) is 0 Å². The number of rotatable bonds is 1. The summed E-state index contributed by atoms with van der Waals surface area (Å²) in [5, 5.41) is 47.5. The minimum atomic E-state index is -4.39. The molecule has 0 saturated carbocycles. The molecule has 2 aliphatic rings. The van der Waals surface area contributed by atoms with Crippen molar-refractivity contribution < 1.29 is 42.9 Å². The second-order valence-electron chi connectivity index (χ2n) is 3.63. The highest BCUT2D eigenvalue weighted by Crippen LogP contribution is 2.54. The molecular formula is C6H10O9S2. The SMILES string of the molecule is O=S1(=O)OC2(O)O[C@H](CO)[C@@H](O)[C@H](O)[C@@]2(O)S1. The predicted octanol–water partition coefficient (Wildman–Crippen LogP) is -3.56. The molecule has 5 atom stereocenters. The third kappa shape index (κ3) is 1.78. The number of ether oxygens (including phenoxy) is 1. The number of aliphatic hydroxyl groups is 5. The molecule has 11 heteroatoms. The van der Waals surface area contributed by atoms with E-state index in [0.717, 1.165) is 0 Å². The van der Waals surface area contributed by atoms with Crippen LogP contribution in [0.1, 0.15) is 0 Å². The lowest BCUT2D eigenvalue weighted by atomic mass is 9.97. The fourth-order valence-corrected chi connectivity index (χ4v) is 4.82. The lowest BCUT2D eigenvalue weighted by Crippen LogP contribution is -2.70. The van der Waals surface area contributed by atoms with Crippen molar-refractivity contribution in [2.75, 3.05) is 6.61 Å². The molecule has 2 aliphatic heterocycles. The Hall–Kier alpha value is 0.0200. The summed E-state index contributed by atoms with van der Waals surface area (Å²) >= 11 is 0. The molecule has 17 heavy (non-hydrogen) atoms. The molecular weight excluding hydrogens is 280 g/mol. The van der Waals surface area contributed by atoms with E-state index in [0.29, 0.717) is 0 Å². The second kappa shape index (κ2) is 3.76. The smallest absolute Gasteiger partial charge is 0.340 e. The Balaban J connectivity index is 2.45. The lowest BCUT2D eigenvalue weighted by molar-refractivity contribution is -0.427. The number of aliphatic hydroxyl groups excluding tert-OH is 3. The van der Waals surface area contributed by atoms with Crippen LogP contribution in [-0.4, -0.2) is 69.8 Å². The summed E-state index contributed by atoms with van der Waals surface area (Å²) in [6.07, 6.45) is -5.36. The summed E-state index contributed by atoms with van der Waals surface area (Å²) in [6.45, 7) is -0.815. The fourth-order valence-electron chi connectivity index (χ4n) is 1.62. The zero-order valence-corrected chi connectivity index (χ0v) is 9.76. The molecule has 0 spiro atoms. The van der Waals surface area contributed by atoms with Crippen LogP contribution in [0.4, 0.5) is 0 Å². The van der Waals surface area contributed by atoms with Crippen LogP contribution in [0.25, 0.3) is 0 Å². The van der Waals surface area contributed by atoms with E-state index in [1.807, 2.05) is 0 Å². The molecule has 5 N–H and O–H groups in total. The second-order valence-corrected chi connectivity index (χ2v) is 7.12.